The summed E-state index contributed by atoms with van der Waals surface area (Å²) in [7, 11) is 0. The summed E-state index contributed by atoms with van der Waals surface area (Å²) in [6, 6.07) is 15.1. The van der Waals surface area contributed by atoms with Crippen LogP contribution in [0.25, 0.3) is 0 Å². The van der Waals surface area contributed by atoms with Gasteiger partial charge >= 0.3 is 5.97 Å². The Kier molecular flexibility index (Phi) is 5.94. The van der Waals surface area contributed by atoms with Crippen molar-refractivity contribution in [3.8, 4) is 5.75 Å². The number of non-ortho nitro benzene ring substituents is 1. The second-order valence-electron chi connectivity index (χ2n) is 7.27. The molecule has 1 unspecified atom stereocenters. The predicted molar refractivity (Wildman–Crippen MR) is 114 cm³/mol. The van der Waals surface area contributed by atoms with Gasteiger partial charge in [-0.25, -0.2) is 4.79 Å². The maximum absolute atomic E-state index is 12.8. The molecule has 2 aromatic carbocycles. The molecule has 2 aliphatic heterocycles. The Hall–Kier alpha value is -3.33. The smallest absolute Gasteiger partial charge is 0.355 e. The molecule has 8 nitrogen and oxygen atoms in total. The number of amides is 1. The molecule has 2 heterocycles. The van der Waals surface area contributed by atoms with Crippen LogP contribution in [0.15, 0.2) is 65.9 Å². The number of hydrogen-bond acceptors (Lipinski definition) is 7. The number of thioether (sulfide) groups is 1. The van der Waals surface area contributed by atoms with Crippen LogP contribution in [0.5, 0.6) is 5.75 Å². The van der Waals surface area contributed by atoms with Crippen molar-refractivity contribution in [2.45, 2.75) is 18.9 Å². The summed E-state index contributed by atoms with van der Waals surface area (Å²) in [5, 5.41) is 10.6. The third-order valence-corrected chi connectivity index (χ3v) is 6.63. The van der Waals surface area contributed by atoms with Crippen LogP contribution in [0.2, 0.25) is 0 Å². The van der Waals surface area contributed by atoms with Gasteiger partial charge in [-0.15, -0.1) is 11.8 Å². The first-order valence-corrected chi connectivity index (χ1v) is 10.7. The molecule has 1 saturated heterocycles. The van der Waals surface area contributed by atoms with Crippen molar-refractivity contribution in [2.75, 3.05) is 12.4 Å². The van der Waals surface area contributed by atoms with Gasteiger partial charge in [-0.3, -0.25) is 19.8 Å². The minimum atomic E-state index is -0.572. The number of esters is 1. The van der Waals surface area contributed by atoms with Crippen molar-refractivity contribution in [3.05, 3.63) is 81.5 Å². The number of nitro benzene ring substituents is 1. The molecule has 2 aromatic rings. The average Bonchev–Trinajstić information content (AvgIpc) is 2.78. The number of carbonyl (C=O) groups is 2. The van der Waals surface area contributed by atoms with Gasteiger partial charge in [0.25, 0.3) is 5.69 Å². The van der Waals surface area contributed by atoms with Gasteiger partial charge in [0.1, 0.15) is 30.6 Å². The summed E-state index contributed by atoms with van der Waals surface area (Å²) in [6.45, 7) is 2.03. The maximum Gasteiger partial charge on any atom is 0.355 e. The lowest BCUT2D eigenvalue weighted by molar-refractivity contribution is -0.384. The zero-order chi connectivity index (χ0) is 22.0. The number of hydrogen-bond donors (Lipinski definition) is 0. The van der Waals surface area contributed by atoms with E-state index in [1.54, 1.807) is 11.8 Å². The normalized spacial score (nSPS) is 20.0. The van der Waals surface area contributed by atoms with Crippen LogP contribution in [-0.4, -0.2) is 39.4 Å². The molecular formula is C22H20N2O6S. The summed E-state index contributed by atoms with van der Waals surface area (Å²) in [5.74, 6) is 0.268. The summed E-state index contributed by atoms with van der Waals surface area (Å²) < 4.78 is 11.1. The van der Waals surface area contributed by atoms with Gasteiger partial charge in [-0.2, -0.15) is 0 Å². The maximum atomic E-state index is 12.8. The molecule has 0 aliphatic carbocycles. The van der Waals surface area contributed by atoms with Crippen LogP contribution in [-0.2, 0) is 20.9 Å². The number of nitro groups is 1. The van der Waals surface area contributed by atoms with Crippen LogP contribution < -0.4 is 4.74 Å². The quantitative estimate of drug-likeness (QED) is 0.281. The van der Waals surface area contributed by atoms with E-state index in [0.29, 0.717) is 17.1 Å². The second kappa shape index (κ2) is 8.81. The number of nitrogens with zero attached hydrogens (tertiary/aromatic N) is 2. The Morgan fingerprint density at radius 3 is 2.58 bits per heavy atom. The zero-order valence-electron chi connectivity index (χ0n) is 16.7. The Morgan fingerprint density at radius 1 is 1.19 bits per heavy atom. The summed E-state index contributed by atoms with van der Waals surface area (Å²) >= 11 is 1.60. The Bertz CT molecular complexity index is 1040. The van der Waals surface area contributed by atoms with E-state index in [2.05, 4.69) is 0 Å². The Balaban J connectivity index is 1.38. The van der Waals surface area contributed by atoms with Gasteiger partial charge in [0.2, 0.25) is 5.91 Å². The lowest BCUT2D eigenvalue weighted by Gasteiger charge is -2.49. The molecular weight excluding hydrogens is 420 g/mol. The zero-order valence-corrected chi connectivity index (χ0v) is 17.5. The molecule has 0 aromatic heterocycles. The van der Waals surface area contributed by atoms with Crippen molar-refractivity contribution in [1.82, 2.24) is 4.90 Å². The second-order valence-corrected chi connectivity index (χ2v) is 8.37. The van der Waals surface area contributed by atoms with Crippen molar-refractivity contribution in [2.24, 2.45) is 5.92 Å². The highest BCUT2D eigenvalue weighted by Crippen LogP contribution is 2.44. The summed E-state index contributed by atoms with van der Waals surface area (Å²) in [6.07, 6.45) is 0. The van der Waals surface area contributed by atoms with E-state index < -0.39 is 10.9 Å². The number of benzene rings is 2. The fourth-order valence-electron chi connectivity index (χ4n) is 3.50. The lowest BCUT2D eigenvalue weighted by atomic mass is 9.96. The van der Waals surface area contributed by atoms with Crippen LogP contribution in [0.1, 0.15) is 12.5 Å². The summed E-state index contributed by atoms with van der Waals surface area (Å²) in [5.41, 5.74) is 1.66. The molecule has 9 heteroatoms. The van der Waals surface area contributed by atoms with Crippen LogP contribution in [0.4, 0.5) is 5.69 Å². The highest BCUT2D eigenvalue weighted by Gasteiger charge is 2.53. The van der Waals surface area contributed by atoms with Gasteiger partial charge in [-0.1, -0.05) is 18.2 Å². The third-order valence-electron chi connectivity index (χ3n) is 5.15. The van der Waals surface area contributed by atoms with E-state index in [9.17, 15) is 19.7 Å². The molecule has 0 radical (unpaired) electrons. The van der Waals surface area contributed by atoms with E-state index in [4.69, 9.17) is 9.47 Å². The third kappa shape index (κ3) is 4.27. The van der Waals surface area contributed by atoms with Crippen molar-refractivity contribution < 1.29 is 24.0 Å². The van der Waals surface area contributed by atoms with Crippen molar-refractivity contribution in [3.63, 3.8) is 0 Å². The minimum Gasteiger partial charge on any atom is -0.493 e. The number of para-hydroxylation sites is 1. The molecule has 0 saturated carbocycles. The number of carbonyl (C=O) groups excluding carboxylic acids is 2. The van der Waals surface area contributed by atoms with Gasteiger partial charge < -0.3 is 9.47 Å². The van der Waals surface area contributed by atoms with Crippen molar-refractivity contribution >= 4 is 29.3 Å². The van der Waals surface area contributed by atoms with E-state index in [1.807, 2.05) is 37.3 Å². The van der Waals surface area contributed by atoms with Crippen LogP contribution >= 0.6 is 11.8 Å². The standard InChI is InChI=1S/C22H20N2O6S/c1-14-13-31-21-18(12-29-17-5-3-2-4-6-17)20(25)23(21)19(14)22(26)30-11-15-7-9-16(10-8-15)24(27)28/h2-10,18,21H,11-13H2,1H3/t18?,21-/m1/s1. The van der Waals surface area contributed by atoms with E-state index >= 15 is 0 Å². The fourth-order valence-corrected chi connectivity index (χ4v) is 4.84. The Morgan fingerprint density at radius 2 is 1.90 bits per heavy atom. The molecule has 0 bridgehead atoms. The van der Waals surface area contributed by atoms with Gasteiger partial charge in [-0.05, 0) is 42.3 Å². The first kappa shape index (κ1) is 20.9. The van der Waals surface area contributed by atoms with Gasteiger partial charge in [0.05, 0.1) is 10.3 Å². The monoisotopic (exact) mass is 440 g/mol. The molecule has 0 spiro atoms. The summed E-state index contributed by atoms with van der Waals surface area (Å²) in [4.78, 5) is 37.3. The first-order valence-electron chi connectivity index (χ1n) is 9.68. The van der Waals surface area contributed by atoms with Crippen LogP contribution in [0, 0.1) is 16.0 Å². The number of fused-ring (bicyclic) bond motifs is 1. The van der Waals surface area contributed by atoms with Gasteiger partial charge in [0.15, 0.2) is 0 Å². The SMILES string of the molecule is CC1=C(C(=O)OCc2ccc([N+](=O)[O-])cc2)N2C(=O)C(COc3ccccc3)[C@H]2SC1. The molecule has 2 atom stereocenters. The molecule has 0 N–H and O–H groups in total. The molecule has 4 rings (SSSR count). The van der Waals surface area contributed by atoms with Crippen molar-refractivity contribution in [1.29, 1.82) is 0 Å². The van der Waals surface area contributed by atoms with E-state index in [-0.39, 0.29) is 41.8 Å². The first-order chi connectivity index (χ1) is 15.0. The topological polar surface area (TPSA) is 99.0 Å². The molecule has 1 amide bonds. The predicted octanol–water partition coefficient (Wildman–Crippen LogP) is 3.52. The Labute approximate surface area is 183 Å². The fraction of sp³-hybridized carbons (Fsp3) is 0.273. The number of ether oxygens (including phenoxy) is 2. The number of β-lactam (4-membered cyclic amide) rings is 1. The molecule has 2 aliphatic rings. The van der Waals surface area contributed by atoms with Gasteiger partial charge in [0, 0.05) is 17.9 Å². The average molecular weight is 440 g/mol. The number of rotatable bonds is 7. The highest BCUT2D eigenvalue weighted by atomic mass is 32.2. The van der Waals surface area contributed by atoms with E-state index in [0.717, 1.165) is 5.57 Å². The molecule has 160 valence electrons. The van der Waals surface area contributed by atoms with E-state index in [1.165, 1.54) is 29.2 Å². The van der Waals surface area contributed by atoms with Crippen LogP contribution in [0.3, 0.4) is 0 Å². The minimum absolute atomic E-state index is 0.0317. The molecule has 31 heavy (non-hydrogen) atoms. The highest BCUT2D eigenvalue weighted by molar-refractivity contribution is 8.00. The molecule has 1 fully saturated rings. The lowest BCUT2D eigenvalue weighted by Crippen LogP contribution is -2.63. The largest absolute Gasteiger partial charge is 0.493 e.